The zero-order valence-electron chi connectivity index (χ0n) is 22.3. The van der Waals surface area contributed by atoms with Crippen LogP contribution in [0.2, 0.25) is 0 Å². The molecule has 0 fully saturated rings. The topological polar surface area (TPSA) is 67.2 Å². The number of hydrogen-bond acceptors (Lipinski definition) is 3. The van der Waals surface area contributed by atoms with Gasteiger partial charge in [0, 0.05) is 23.9 Å². The zero-order valence-corrected chi connectivity index (χ0v) is 22.3. The van der Waals surface area contributed by atoms with Crippen LogP contribution in [0.4, 0.5) is 10.3 Å². The molecular formula is C33H29FN4O2. The van der Waals surface area contributed by atoms with Gasteiger partial charge in [0.25, 0.3) is 5.91 Å². The van der Waals surface area contributed by atoms with Crippen molar-refractivity contribution >= 4 is 17.8 Å². The highest BCUT2D eigenvalue weighted by molar-refractivity contribution is 5.99. The molecule has 0 aliphatic heterocycles. The van der Waals surface area contributed by atoms with Gasteiger partial charge in [0.2, 0.25) is 11.9 Å². The van der Waals surface area contributed by atoms with Gasteiger partial charge < -0.3 is 4.90 Å². The summed E-state index contributed by atoms with van der Waals surface area (Å²) in [6.45, 7) is 3.71. The number of carbonyl (C=O) groups is 2. The molecule has 0 unspecified atom stereocenters. The second kappa shape index (κ2) is 11.8. The molecule has 5 aromatic rings. The number of rotatable bonds is 8. The molecule has 5 rings (SSSR count). The molecule has 0 saturated heterocycles. The van der Waals surface area contributed by atoms with Crippen molar-refractivity contribution in [3.63, 3.8) is 0 Å². The first-order valence-electron chi connectivity index (χ1n) is 13.0. The summed E-state index contributed by atoms with van der Waals surface area (Å²) in [6, 6.07) is 31.2. The number of benzene rings is 4. The number of halogens is 1. The maximum absolute atomic E-state index is 14.5. The van der Waals surface area contributed by atoms with Crippen molar-refractivity contribution in [2.75, 3.05) is 11.9 Å². The molecule has 6 nitrogen and oxygen atoms in total. The molecule has 4 aromatic carbocycles. The number of anilines is 1. The lowest BCUT2D eigenvalue weighted by Gasteiger charge is -2.22. The second-order valence-corrected chi connectivity index (χ2v) is 9.68. The third-order valence-electron chi connectivity index (χ3n) is 6.60. The van der Waals surface area contributed by atoms with Gasteiger partial charge in [-0.15, -0.1) is 0 Å². The molecule has 0 aliphatic carbocycles. The van der Waals surface area contributed by atoms with Gasteiger partial charge in [0.05, 0.1) is 11.4 Å². The van der Waals surface area contributed by atoms with Crippen LogP contribution in [0, 0.1) is 19.7 Å². The van der Waals surface area contributed by atoms with E-state index in [1.807, 2.05) is 79.7 Å². The van der Waals surface area contributed by atoms with E-state index in [9.17, 15) is 14.0 Å². The molecular weight excluding hydrogens is 503 g/mol. The van der Waals surface area contributed by atoms with E-state index >= 15 is 0 Å². The number of hydrogen-bond donors (Lipinski definition) is 1. The van der Waals surface area contributed by atoms with Gasteiger partial charge in [-0.05, 0) is 49.2 Å². The summed E-state index contributed by atoms with van der Waals surface area (Å²) in [4.78, 5) is 33.1. The smallest absolute Gasteiger partial charge is 0.254 e. The number of carbonyl (C=O) groups excluding carboxylic acids is 2. The maximum Gasteiger partial charge on any atom is 0.254 e. The Morgan fingerprint density at radius 1 is 0.875 bits per heavy atom. The maximum atomic E-state index is 14.5. The number of amides is 2. The van der Waals surface area contributed by atoms with Crippen molar-refractivity contribution < 1.29 is 14.0 Å². The predicted octanol–water partition coefficient (Wildman–Crippen LogP) is 6.58. The van der Waals surface area contributed by atoms with Crippen LogP contribution >= 0.6 is 0 Å². The standard InChI is InChI=1S/C33H29FN4O2/c1-23-13-16-27(17-14-23)32(40)37(20-25-9-5-3-6-10-25)22-31(39)36-33-35-30(26-11-7-4-8-12-26)21-38(33)28-18-15-24(2)29(34)19-28/h3-19,21H,20,22H2,1-2H3,(H,35,36,39). The van der Waals surface area contributed by atoms with Crippen molar-refractivity contribution in [2.24, 2.45) is 0 Å². The number of nitrogens with one attached hydrogen (secondary N) is 1. The van der Waals surface area contributed by atoms with Gasteiger partial charge in [0.15, 0.2) is 0 Å². The van der Waals surface area contributed by atoms with Crippen LogP contribution in [0.3, 0.4) is 0 Å². The van der Waals surface area contributed by atoms with E-state index in [1.165, 1.54) is 11.0 Å². The van der Waals surface area contributed by atoms with Crippen molar-refractivity contribution in [1.82, 2.24) is 14.5 Å². The minimum Gasteiger partial charge on any atom is -0.325 e. The lowest BCUT2D eigenvalue weighted by Crippen LogP contribution is -2.38. The molecule has 0 atom stereocenters. The molecule has 40 heavy (non-hydrogen) atoms. The lowest BCUT2D eigenvalue weighted by molar-refractivity contribution is -0.117. The van der Waals surface area contributed by atoms with Gasteiger partial charge >= 0.3 is 0 Å². The van der Waals surface area contributed by atoms with Gasteiger partial charge in [-0.1, -0.05) is 84.4 Å². The van der Waals surface area contributed by atoms with E-state index in [0.29, 0.717) is 22.5 Å². The fourth-order valence-electron chi connectivity index (χ4n) is 4.36. The lowest BCUT2D eigenvalue weighted by atomic mass is 10.1. The zero-order chi connectivity index (χ0) is 28.1. The highest BCUT2D eigenvalue weighted by Gasteiger charge is 2.21. The van der Waals surface area contributed by atoms with Gasteiger partial charge in [0.1, 0.15) is 12.4 Å². The van der Waals surface area contributed by atoms with E-state index in [2.05, 4.69) is 10.3 Å². The Morgan fingerprint density at radius 3 is 2.23 bits per heavy atom. The average molecular weight is 533 g/mol. The van der Waals surface area contributed by atoms with Crippen LogP contribution in [0.25, 0.3) is 16.9 Å². The monoisotopic (exact) mass is 532 g/mol. The Bertz CT molecular complexity index is 1630. The van der Waals surface area contributed by atoms with Crippen LogP contribution in [-0.4, -0.2) is 32.8 Å². The van der Waals surface area contributed by atoms with E-state index in [4.69, 9.17) is 0 Å². The van der Waals surface area contributed by atoms with Crippen molar-refractivity contribution in [3.05, 3.63) is 137 Å². The summed E-state index contributed by atoms with van der Waals surface area (Å²) < 4.78 is 16.1. The van der Waals surface area contributed by atoms with Crippen LogP contribution in [0.5, 0.6) is 0 Å². The van der Waals surface area contributed by atoms with E-state index in [-0.39, 0.29) is 30.8 Å². The number of imidazole rings is 1. The largest absolute Gasteiger partial charge is 0.325 e. The van der Waals surface area contributed by atoms with Crippen molar-refractivity contribution in [3.8, 4) is 16.9 Å². The van der Waals surface area contributed by atoms with Crippen LogP contribution in [-0.2, 0) is 11.3 Å². The third-order valence-corrected chi connectivity index (χ3v) is 6.60. The molecule has 0 spiro atoms. The Labute approximate surface area is 232 Å². The Morgan fingerprint density at radius 2 is 1.55 bits per heavy atom. The average Bonchev–Trinajstić information content (AvgIpc) is 3.39. The highest BCUT2D eigenvalue weighted by Crippen LogP contribution is 2.25. The molecule has 1 aromatic heterocycles. The van der Waals surface area contributed by atoms with Crippen LogP contribution in [0.1, 0.15) is 27.0 Å². The molecule has 0 aliphatic rings. The van der Waals surface area contributed by atoms with Gasteiger partial charge in [-0.25, -0.2) is 9.37 Å². The molecule has 0 bridgehead atoms. The third kappa shape index (κ3) is 6.15. The van der Waals surface area contributed by atoms with Crippen molar-refractivity contribution in [2.45, 2.75) is 20.4 Å². The van der Waals surface area contributed by atoms with E-state index in [1.54, 1.807) is 42.0 Å². The minimum atomic E-state index is -0.421. The SMILES string of the molecule is Cc1ccc(C(=O)N(CC(=O)Nc2nc(-c3ccccc3)cn2-c2ccc(C)c(F)c2)Cc2ccccc2)cc1. The van der Waals surface area contributed by atoms with Crippen molar-refractivity contribution in [1.29, 1.82) is 0 Å². The summed E-state index contributed by atoms with van der Waals surface area (Å²) in [5.41, 5.74) is 4.95. The Kier molecular flexibility index (Phi) is 7.82. The Balaban J connectivity index is 1.45. The quantitative estimate of drug-likeness (QED) is 0.246. The minimum absolute atomic E-state index is 0.197. The first-order chi connectivity index (χ1) is 19.4. The fraction of sp³-hybridized carbons (Fsp3) is 0.121. The molecule has 0 saturated carbocycles. The molecule has 2 amide bonds. The van der Waals surface area contributed by atoms with E-state index in [0.717, 1.165) is 16.7 Å². The summed E-state index contributed by atoms with van der Waals surface area (Å²) in [5.74, 6) is -0.805. The van der Waals surface area contributed by atoms with Gasteiger partial charge in [-0.3, -0.25) is 19.5 Å². The highest BCUT2D eigenvalue weighted by atomic mass is 19.1. The second-order valence-electron chi connectivity index (χ2n) is 9.68. The van der Waals surface area contributed by atoms with Crippen LogP contribution < -0.4 is 5.32 Å². The first-order valence-corrected chi connectivity index (χ1v) is 13.0. The summed E-state index contributed by atoms with van der Waals surface area (Å²) in [7, 11) is 0. The first kappa shape index (κ1) is 26.6. The molecule has 200 valence electrons. The molecule has 1 N–H and O–H groups in total. The summed E-state index contributed by atoms with van der Waals surface area (Å²) >= 11 is 0. The number of aromatic nitrogens is 2. The normalized spacial score (nSPS) is 10.8. The predicted molar refractivity (Wildman–Crippen MR) is 155 cm³/mol. The van der Waals surface area contributed by atoms with Crippen LogP contribution in [0.15, 0.2) is 109 Å². The summed E-state index contributed by atoms with van der Waals surface area (Å²) in [6.07, 6.45) is 1.76. The fourth-order valence-corrected chi connectivity index (χ4v) is 4.36. The molecule has 1 heterocycles. The van der Waals surface area contributed by atoms with Gasteiger partial charge in [-0.2, -0.15) is 0 Å². The van der Waals surface area contributed by atoms with E-state index < -0.39 is 5.91 Å². The Hall–Kier alpha value is -5.04. The summed E-state index contributed by atoms with van der Waals surface area (Å²) in [5, 5.41) is 2.86. The number of aryl methyl sites for hydroxylation is 2. The molecule has 0 radical (unpaired) electrons. The molecule has 7 heteroatoms. The number of nitrogens with zero attached hydrogens (tertiary/aromatic N) is 3.